The van der Waals surface area contributed by atoms with E-state index in [1.54, 1.807) is 0 Å². The van der Waals surface area contributed by atoms with Crippen LogP contribution in [0.2, 0.25) is 0 Å². The maximum atomic E-state index is 11.8. The molecule has 0 radical (unpaired) electrons. The van der Waals surface area contributed by atoms with E-state index in [0.717, 1.165) is 11.1 Å². The Morgan fingerprint density at radius 1 is 1.12 bits per heavy atom. The summed E-state index contributed by atoms with van der Waals surface area (Å²) in [7, 11) is 0. The van der Waals surface area contributed by atoms with Crippen molar-refractivity contribution in [2.75, 3.05) is 0 Å². The molecule has 0 bridgehead atoms. The Hall–Kier alpha value is -2.23. The van der Waals surface area contributed by atoms with E-state index in [-0.39, 0.29) is 0 Å². The smallest absolute Gasteiger partial charge is 0.346 e. The average molecular weight is 228 g/mol. The van der Waals surface area contributed by atoms with Crippen LogP contribution in [0.1, 0.15) is 21.5 Å². The SMILES string of the molecule is Cc1cccc(C)c1OC(=O)c1cncnc1. The Balaban J connectivity index is 2.25. The van der Waals surface area contributed by atoms with E-state index in [4.69, 9.17) is 4.74 Å². The topological polar surface area (TPSA) is 52.1 Å². The van der Waals surface area contributed by atoms with Crippen molar-refractivity contribution in [1.82, 2.24) is 9.97 Å². The number of hydrogen-bond donors (Lipinski definition) is 0. The van der Waals surface area contributed by atoms with Crippen LogP contribution in [-0.4, -0.2) is 15.9 Å². The standard InChI is InChI=1S/C13H12N2O2/c1-9-4-3-5-10(2)12(9)17-13(16)11-6-14-8-15-7-11/h3-8H,1-2H3. The highest BCUT2D eigenvalue weighted by Gasteiger charge is 2.12. The molecule has 2 aromatic rings. The van der Waals surface area contributed by atoms with Gasteiger partial charge in [0.1, 0.15) is 12.1 Å². The fraction of sp³-hybridized carbons (Fsp3) is 0.154. The number of esters is 1. The van der Waals surface area contributed by atoms with Crippen molar-refractivity contribution >= 4 is 5.97 Å². The minimum absolute atomic E-state index is 0.343. The molecule has 1 heterocycles. The predicted molar refractivity (Wildman–Crippen MR) is 62.9 cm³/mol. The molecule has 0 amide bonds. The van der Waals surface area contributed by atoms with E-state index < -0.39 is 5.97 Å². The summed E-state index contributed by atoms with van der Waals surface area (Å²) >= 11 is 0. The van der Waals surface area contributed by atoms with Crippen molar-refractivity contribution in [2.45, 2.75) is 13.8 Å². The van der Waals surface area contributed by atoms with Crippen molar-refractivity contribution in [3.05, 3.63) is 53.6 Å². The van der Waals surface area contributed by atoms with E-state index in [1.807, 2.05) is 32.0 Å². The molecule has 0 saturated carbocycles. The molecule has 86 valence electrons. The molecule has 0 aliphatic rings. The third-order valence-electron chi connectivity index (χ3n) is 2.40. The Bertz CT molecular complexity index is 518. The number of aryl methyl sites for hydroxylation is 2. The number of aromatic nitrogens is 2. The number of carbonyl (C=O) groups excluding carboxylic acids is 1. The molecule has 0 saturated heterocycles. The van der Waals surface area contributed by atoms with Crippen LogP contribution in [0.15, 0.2) is 36.9 Å². The minimum Gasteiger partial charge on any atom is -0.422 e. The molecule has 0 aliphatic carbocycles. The monoisotopic (exact) mass is 228 g/mol. The number of rotatable bonds is 2. The molecule has 1 aromatic heterocycles. The van der Waals surface area contributed by atoms with E-state index >= 15 is 0 Å². The summed E-state index contributed by atoms with van der Waals surface area (Å²) in [6.07, 6.45) is 4.24. The third kappa shape index (κ3) is 2.47. The van der Waals surface area contributed by atoms with E-state index in [9.17, 15) is 4.79 Å². The Morgan fingerprint density at radius 3 is 2.29 bits per heavy atom. The molecule has 0 fully saturated rings. The zero-order chi connectivity index (χ0) is 12.3. The quantitative estimate of drug-likeness (QED) is 0.584. The van der Waals surface area contributed by atoms with Gasteiger partial charge in [-0.25, -0.2) is 14.8 Å². The van der Waals surface area contributed by atoms with Crippen LogP contribution in [0.3, 0.4) is 0 Å². The second-order valence-corrected chi connectivity index (χ2v) is 3.74. The van der Waals surface area contributed by atoms with Crippen molar-refractivity contribution in [3.8, 4) is 5.75 Å². The second-order valence-electron chi connectivity index (χ2n) is 3.74. The molecule has 4 nitrogen and oxygen atoms in total. The average Bonchev–Trinajstić information content (AvgIpc) is 2.35. The lowest BCUT2D eigenvalue weighted by Gasteiger charge is -2.09. The fourth-order valence-electron chi connectivity index (χ4n) is 1.52. The molecule has 1 aromatic carbocycles. The summed E-state index contributed by atoms with van der Waals surface area (Å²) in [5.74, 6) is 0.157. The van der Waals surface area contributed by atoms with Crippen LogP contribution in [0.25, 0.3) is 0 Å². The van der Waals surface area contributed by atoms with Crippen molar-refractivity contribution in [2.24, 2.45) is 0 Å². The first kappa shape index (κ1) is 11.3. The Labute approximate surface area is 99.3 Å². The second kappa shape index (κ2) is 4.74. The predicted octanol–water partition coefficient (Wildman–Crippen LogP) is 2.31. The van der Waals surface area contributed by atoms with Gasteiger partial charge in [0.05, 0.1) is 5.56 Å². The van der Waals surface area contributed by atoms with Crippen LogP contribution in [0, 0.1) is 13.8 Å². The van der Waals surface area contributed by atoms with E-state index in [0.29, 0.717) is 11.3 Å². The van der Waals surface area contributed by atoms with Gasteiger partial charge in [0, 0.05) is 12.4 Å². The summed E-state index contributed by atoms with van der Waals surface area (Å²) in [5.41, 5.74) is 2.19. The van der Waals surface area contributed by atoms with Crippen LogP contribution in [0.5, 0.6) is 5.75 Å². The van der Waals surface area contributed by atoms with Gasteiger partial charge in [-0.1, -0.05) is 18.2 Å². The van der Waals surface area contributed by atoms with Gasteiger partial charge in [-0.2, -0.15) is 0 Å². The molecule has 2 rings (SSSR count). The highest BCUT2D eigenvalue weighted by atomic mass is 16.5. The van der Waals surface area contributed by atoms with Gasteiger partial charge in [0.25, 0.3) is 0 Å². The van der Waals surface area contributed by atoms with Crippen LogP contribution < -0.4 is 4.74 Å². The van der Waals surface area contributed by atoms with Gasteiger partial charge < -0.3 is 4.74 Å². The van der Waals surface area contributed by atoms with Crippen molar-refractivity contribution in [1.29, 1.82) is 0 Å². The Kier molecular flexibility index (Phi) is 3.14. The molecule has 0 unspecified atom stereocenters. The lowest BCUT2D eigenvalue weighted by atomic mass is 10.1. The van der Waals surface area contributed by atoms with Gasteiger partial charge in [0.2, 0.25) is 0 Å². The third-order valence-corrected chi connectivity index (χ3v) is 2.40. The first-order valence-electron chi connectivity index (χ1n) is 5.22. The largest absolute Gasteiger partial charge is 0.422 e. The summed E-state index contributed by atoms with van der Waals surface area (Å²) in [5, 5.41) is 0. The lowest BCUT2D eigenvalue weighted by Crippen LogP contribution is -2.10. The maximum Gasteiger partial charge on any atom is 0.346 e. The molecule has 0 aliphatic heterocycles. The highest BCUT2D eigenvalue weighted by Crippen LogP contribution is 2.23. The van der Waals surface area contributed by atoms with Gasteiger partial charge in [0.15, 0.2) is 0 Å². The van der Waals surface area contributed by atoms with Gasteiger partial charge >= 0.3 is 5.97 Å². The molecule has 4 heteroatoms. The number of benzene rings is 1. The zero-order valence-electron chi connectivity index (χ0n) is 9.68. The minimum atomic E-state index is -0.442. The number of nitrogens with zero attached hydrogens (tertiary/aromatic N) is 2. The van der Waals surface area contributed by atoms with Crippen molar-refractivity contribution < 1.29 is 9.53 Å². The maximum absolute atomic E-state index is 11.8. The van der Waals surface area contributed by atoms with Crippen molar-refractivity contribution in [3.63, 3.8) is 0 Å². The normalized spacial score (nSPS) is 10.0. The van der Waals surface area contributed by atoms with Gasteiger partial charge in [-0.3, -0.25) is 0 Å². The van der Waals surface area contributed by atoms with Gasteiger partial charge in [-0.05, 0) is 25.0 Å². The summed E-state index contributed by atoms with van der Waals surface area (Å²) in [6, 6.07) is 5.72. The molecular formula is C13H12N2O2. The summed E-state index contributed by atoms with van der Waals surface area (Å²) in [4.78, 5) is 19.4. The summed E-state index contributed by atoms with van der Waals surface area (Å²) in [6.45, 7) is 3.80. The molecular weight excluding hydrogens is 216 g/mol. The van der Waals surface area contributed by atoms with Gasteiger partial charge in [-0.15, -0.1) is 0 Å². The fourth-order valence-corrected chi connectivity index (χ4v) is 1.52. The first-order chi connectivity index (χ1) is 8.18. The van der Waals surface area contributed by atoms with E-state index in [2.05, 4.69) is 9.97 Å². The molecule has 0 spiro atoms. The van der Waals surface area contributed by atoms with Crippen LogP contribution in [0.4, 0.5) is 0 Å². The number of hydrogen-bond acceptors (Lipinski definition) is 4. The molecule has 17 heavy (non-hydrogen) atoms. The first-order valence-corrected chi connectivity index (χ1v) is 5.22. The summed E-state index contributed by atoms with van der Waals surface area (Å²) < 4.78 is 5.34. The number of carbonyl (C=O) groups is 1. The lowest BCUT2D eigenvalue weighted by molar-refractivity contribution is 0.0731. The zero-order valence-corrected chi connectivity index (χ0v) is 9.68. The molecule has 0 N–H and O–H groups in total. The molecule has 0 atom stereocenters. The van der Waals surface area contributed by atoms with Crippen LogP contribution >= 0.6 is 0 Å². The Morgan fingerprint density at radius 2 is 1.71 bits per heavy atom. The van der Waals surface area contributed by atoms with Crippen LogP contribution in [-0.2, 0) is 0 Å². The highest BCUT2D eigenvalue weighted by molar-refractivity contribution is 5.90. The number of para-hydroxylation sites is 1. The van der Waals surface area contributed by atoms with E-state index in [1.165, 1.54) is 18.7 Å². The number of ether oxygens (including phenoxy) is 1.